The van der Waals surface area contributed by atoms with Crippen molar-refractivity contribution in [3.63, 3.8) is 0 Å². The van der Waals surface area contributed by atoms with Crippen LogP contribution in [0.15, 0.2) is 23.8 Å². The van der Waals surface area contributed by atoms with E-state index in [2.05, 4.69) is 21.3 Å². The molecule has 6 nitrogen and oxygen atoms in total. The van der Waals surface area contributed by atoms with E-state index in [-0.39, 0.29) is 23.5 Å². The number of aryl methyl sites for hydroxylation is 1. The molecule has 1 aliphatic carbocycles. The van der Waals surface area contributed by atoms with Gasteiger partial charge in [0.25, 0.3) is 0 Å². The number of ether oxygens (including phenoxy) is 2. The van der Waals surface area contributed by atoms with Gasteiger partial charge in [-0.2, -0.15) is 0 Å². The number of fused-ring (bicyclic) bond motifs is 1. The Morgan fingerprint density at radius 2 is 1.83 bits per heavy atom. The maximum atomic E-state index is 12.2. The second-order valence-electron chi connectivity index (χ2n) is 4.96. The van der Waals surface area contributed by atoms with Crippen molar-refractivity contribution in [2.45, 2.75) is 12.8 Å². The van der Waals surface area contributed by atoms with E-state index in [1.54, 1.807) is 18.2 Å². The van der Waals surface area contributed by atoms with Crippen LogP contribution in [-0.4, -0.2) is 37.7 Å². The molecule has 0 atom stereocenters. The van der Waals surface area contributed by atoms with Gasteiger partial charge in [-0.15, -0.1) is 0 Å². The summed E-state index contributed by atoms with van der Waals surface area (Å²) < 4.78 is 8.94. The maximum Gasteiger partial charge on any atom is 0.384 e. The molecule has 1 aliphatic rings. The molecule has 0 saturated heterocycles. The second-order valence-corrected chi connectivity index (χ2v) is 4.96. The van der Waals surface area contributed by atoms with Crippen molar-refractivity contribution in [3.05, 3.63) is 40.5 Å². The number of hydrogen-bond donors (Lipinski definition) is 0. The predicted octanol–water partition coefficient (Wildman–Crippen LogP) is 1.12. The topological polar surface area (TPSA) is 86.7 Å². The number of methoxy groups -OCH3 is 2. The van der Waals surface area contributed by atoms with Crippen LogP contribution < -0.4 is 0 Å². The molecule has 0 radical (unpaired) electrons. The van der Waals surface area contributed by atoms with Crippen LogP contribution in [0.1, 0.15) is 27.9 Å². The molecule has 122 valence electrons. The molecule has 0 heterocycles. The van der Waals surface area contributed by atoms with Gasteiger partial charge in [0.05, 0.1) is 19.8 Å². The molecule has 24 heavy (non-hydrogen) atoms. The molecular weight excluding hydrogens is 312 g/mol. The largest absolute Gasteiger partial charge is 0.469 e. The quantitative estimate of drug-likeness (QED) is 0.358. The van der Waals surface area contributed by atoms with Gasteiger partial charge in [-0.1, -0.05) is 18.1 Å². The number of benzene rings is 1. The SMILES string of the molecule is COC(=O)C#CC1=Cc2ccc(CCC(=O)OC)cc2C(=O)C1=O. The van der Waals surface area contributed by atoms with Crippen molar-refractivity contribution >= 4 is 29.6 Å². The zero-order chi connectivity index (χ0) is 17.7. The van der Waals surface area contributed by atoms with Gasteiger partial charge in [-0.05, 0) is 29.7 Å². The zero-order valence-corrected chi connectivity index (χ0v) is 13.2. The lowest BCUT2D eigenvalue weighted by Crippen LogP contribution is -2.21. The van der Waals surface area contributed by atoms with E-state index in [0.29, 0.717) is 12.0 Å². The highest BCUT2D eigenvalue weighted by molar-refractivity contribution is 6.52. The summed E-state index contributed by atoms with van der Waals surface area (Å²) >= 11 is 0. The van der Waals surface area contributed by atoms with Crippen LogP contribution in [0, 0.1) is 11.8 Å². The summed E-state index contributed by atoms with van der Waals surface area (Å²) in [5.41, 5.74) is 1.49. The highest BCUT2D eigenvalue weighted by atomic mass is 16.5. The van der Waals surface area contributed by atoms with Gasteiger partial charge >= 0.3 is 11.9 Å². The lowest BCUT2D eigenvalue weighted by Gasteiger charge is -2.12. The Morgan fingerprint density at radius 3 is 2.50 bits per heavy atom. The second kappa shape index (κ2) is 7.38. The number of allylic oxidation sites excluding steroid dienone is 1. The van der Waals surface area contributed by atoms with Crippen molar-refractivity contribution in [2.24, 2.45) is 0 Å². The zero-order valence-electron chi connectivity index (χ0n) is 13.2. The van der Waals surface area contributed by atoms with Gasteiger partial charge in [-0.3, -0.25) is 14.4 Å². The van der Waals surface area contributed by atoms with E-state index in [0.717, 1.165) is 5.56 Å². The smallest absolute Gasteiger partial charge is 0.384 e. The summed E-state index contributed by atoms with van der Waals surface area (Å²) in [7, 11) is 2.48. The Balaban J connectivity index is 2.31. The molecule has 0 aliphatic heterocycles. The van der Waals surface area contributed by atoms with Gasteiger partial charge in [-0.25, -0.2) is 4.79 Å². The minimum Gasteiger partial charge on any atom is -0.469 e. The Bertz CT molecular complexity index is 820. The number of hydrogen-bond acceptors (Lipinski definition) is 6. The molecule has 0 unspecified atom stereocenters. The lowest BCUT2D eigenvalue weighted by atomic mass is 9.88. The summed E-state index contributed by atoms with van der Waals surface area (Å²) in [5, 5.41) is 0. The van der Waals surface area contributed by atoms with E-state index in [9.17, 15) is 19.2 Å². The Labute approximate surface area is 138 Å². The minimum atomic E-state index is -0.792. The van der Waals surface area contributed by atoms with Crippen LogP contribution in [0.25, 0.3) is 6.08 Å². The first kappa shape index (κ1) is 17.2. The average Bonchev–Trinajstić information content (AvgIpc) is 2.61. The van der Waals surface area contributed by atoms with Crippen LogP contribution >= 0.6 is 0 Å². The summed E-state index contributed by atoms with van der Waals surface area (Å²) in [6.07, 6.45) is 2.04. The van der Waals surface area contributed by atoms with Crippen molar-refractivity contribution in [3.8, 4) is 11.8 Å². The first-order valence-electron chi connectivity index (χ1n) is 7.06. The molecule has 0 fully saturated rings. The highest BCUT2D eigenvalue weighted by Crippen LogP contribution is 2.23. The van der Waals surface area contributed by atoms with Crippen LogP contribution in [0.4, 0.5) is 0 Å². The molecule has 1 aromatic rings. The van der Waals surface area contributed by atoms with E-state index in [4.69, 9.17) is 0 Å². The number of ketones is 2. The van der Waals surface area contributed by atoms with Crippen molar-refractivity contribution in [2.75, 3.05) is 14.2 Å². The minimum absolute atomic E-state index is 0.0554. The van der Waals surface area contributed by atoms with Gasteiger partial charge in [0.1, 0.15) is 0 Å². The van der Waals surface area contributed by atoms with E-state index in [1.165, 1.54) is 20.3 Å². The third-order valence-corrected chi connectivity index (χ3v) is 3.44. The number of Topliss-reactive ketones (excluding diaryl/α,β-unsaturated/α-hetero) is 2. The highest BCUT2D eigenvalue weighted by Gasteiger charge is 2.27. The molecule has 0 amide bonds. The van der Waals surface area contributed by atoms with Gasteiger partial charge in [0.15, 0.2) is 0 Å². The van der Waals surface area contributed by atoms with Gasteiger partial charge in [0.2, 0.25) is 11.6 Å². The molecule has 0 N–H and O–H groups in total. The Kier molecular flexibility index (Phi) is 5.27. The average molecular weight is 326 g/mol. The van der Waals surface area contributed by atoms with Crippen LogP contribution in [0.5, 0.6) is 0 Å². The third kappa shape index (κ3) is 3.76. The molecule has 0 saturated carbocycles. The van der Waals surface area contributed by atoms with E-state index >= 15 is 0 Å². The fourth-order valence-electron chi connectivity index (χ4n) is 2.16. The Morgan fingerprint density at radius 1 is 1.08 bits per heavy atom. The molecule has 0 spiro atoms. The van der Waals surface area contributed by atoms with Crippen molar-refractivity contribution < 1.29 is 28.7 Å². The lowest BCUT2D eigenvalue weighted by molar-refractivity contribution is -0.140. The Hall–Kier alpha value is -3.20. The summed E-state index contributed by atoms with van der Waals surface area (Å²) in [6, 6.07) is 5.01. The summed E-state index contributed by atoms with van der Waals surface area (Å²) in [6.45, 7) is 0. The fourth-order valence-corrected chi connectivity index (χ4v) is 2.16. The number of rotatable bonds is 3. The van der Waals surface area contributed by atoms with E-state index in [1.807, 2.05) is 0 Å². The molecule has 2 rings (SSSR count). The molecular formula is C18H14O6. The van der Waals surface area contributed by atoms with Gasteiger partial charge < -0.3 is 9.47 Å². The summed E-state index contributed by atoms with van der Waals surface area (Å²) in [5.74, 6) is 1.88. The monoisotopic (exact) mass is 326 g/mol. The normalized spacial score (nSPS) is 12.5. The van der Waals surface area contributed by atoms with Crippen LogP contribution in [-0.2, 0) is 30.3 Å². The van der Waals surface area contributed by atoms with Crippen LogP contribution in [0.3, 0.4) is 0 Å². The fraction of sp³-hybridized carbons (Fsp3) is 0.222. The number of carbonyl (C=O) groups is 4. The molecule has 6 heteroatoms. The number of esters is 2. The maximum absolute atomic E-state index is 12.2. The number of carbonyl (C=O) groups excluding carboxylic acids is 4. The third-order valence-electron chi connectivity index (χ3n) is 3.44. The first-order valence-corrected chi connectivity index (χ1v) is 7.06. The predicted molar refractivity (Wildman–Crippen MR) is 83.9 cm³/mol. The summed E-state index contributed by atoms with van der Waals surface area (Å²) in [4.78, 5) is 46.5. The van der Waals surface area contributed by atoms with Gasteiger partial charge in [0, 0.05) is 17.9 Å². The van der Waals surface area contributed by atoms with E-state index < -0.39 is 17.5 Å². The van der Waals surface area contributed by atoms with Crippen LogP contribution in [0.2, 0.25) is 0 Å². The molecule has 0 bridgehead atoms. The molecule has 1 aromatic carbocycles. The standard InChI is InChI=1S/C18H14O6/c1-23-15(19)7-4-11-3-5-12-10-13(6-8-16(20)24-2)17(21)18(22)14(12)9-11/h3,5,9-10H,4,7H2,1-2H3. The van der Waals surface area contributed by atoms with Crippen molar-refractivity contribution in [1.29, 1.82) is 0 Å². The first-order chi connectivity index (χ1) is 11.5. The van der Waals surface area contributed by atoms with Crippen molar-refractivity contribution in [1.82, 2.24) is 0 Å². The molecule has 0 aromatic heterocycles.